The molecule has 1 aliphatic heterocycles. The van der Waals surface area contributed by atoms with Gasteiger partial charge in [-0.1, -0.05) is 6.07 Å². The van der Waals surface area contributed by atoms with Gasteiger partial charge in [-0.3, -0.25) is 5.41 Å². The van der Waals surface area contributed by atoms with Gasteiger partial charge in [0.25, 0.3) is 0 Å². The third-order valence-electron chi connectivity index (χ3n) is 3.47. The van der Waals surface area contributed by atoms with E-state index in [0.717, 1.165) is 10.6 Å². The molecule has 0 saturated heterocycles. The van der Waals surface area contributed by atoms with E-state index < -0.39 is 0 Å². The number of aromatic nitrogens is 1. The zero-order valence-electron chi connectivity index (χ0n) is 11.6. The van der Waals surface area contributed by atoms with Crippen molar-refractivity contribution in [3.63, 3.8) is 0 Å². The first-order valence-corrected chi connectivity index (χ1v) is 7.27. The summed E-state index contributed by atoms with van der Waals surface area (Å²) in [5, 5.41) is 19.1. The van der Waals surface area contributed by atoms with E-state index in [4.69, 9.17) is 5.41 Å². The first kappa shape index (κ1) is 13.8. The summed E-state index contributed by atoms with van der Waals surface area (Å²) in [6.07, 6.45) is 0. The number of nitrogens with zero attached hydrogens (tertiary/aromatic N) is 2. The Balaban J connectivity index is 1.98. The van der Waals surface area contributed by atoms with Crippen LogP contribution in [-0.4, -0.2) is 22.5 Å². The van der Waals surface area contributed by atoms with Crippen molar-refractivity contribution in [1.29, 1.82) is 5.41 Å². The largest absolute Gasteiger partial charge is 0.510 e. The van der Waals surface area contributed by atoms with E-state index in [9.17, 15) is 9.50 Å². The van der Waals surface area contributed by atoms with Crippen molar-refractivity contribution >= 4 is 28.4 Å². The minimum absolute atomic E-state index is 0.0954. The minimum atomic E-state index is -0.367. The second kappa shape index (κ2) is 4.96. The average molecular weight is 303 g/mol. The molecule has 0 aliphatic carbocycles. The maximum absolute atomic E-state index is 13.3. The highest BCUT2D eigenvalue weighted by Gasteiger charge is 2.31. The van der Waals surface area contributed by atoms with E-state index in [-0.39, 0.29) is 24.0 Å². The van der Waals surface area contributed by atoms with Crippen molar-refractivity contribution in [2.24, 2.45) is 0 Å². The molecule has 3 rings (SSSR count). The zero-order chi connectivity index (χ0) is 15.1. The maximum atomic E-state index is 13.3. The van der Waals surface area contributed by atoms with Gasteiger partial charge in [0.1, 0.15) is 22.4 Å². The Labute approximate surface area is 125 Å². The summed E-state index contributed by atoms with van der Waals surface area (Å²) in [5.74, 6) is -0.126. The Kier molecular flexibility index (Phi) is 3.25. The van der Waals surface area contributed by atoms with Gasteiger partial charge in [-0.2, -0.15) is 0 Å². The van der Waals surface area contributed by atoms with Crippen molar-refractivity contribution < 1.29 is 9.50 Å². The molecule has 2 N–H and O–H groups in total. The van der Waals surface area contributed by atoms with E-state index in [1.54, 1.807) is 17.0 Å². The monoisotopic (exact) mass is 303 g/mol. The Hall–Kier alpha value is -2.21. The van der Waals surface area contributed by atoms with E-state index in [2.05, 4.69) is 4.98 Å². The highest BCUT2D eigenvalue weighted by molar-refractivity contribution is 7.13. The molecule has 1 aromatic carbocycles. The fourth-order valence-electron chi connectivity index (χ4n) is 2.25. The van der Waals surface area contributed by atoms with Gasteiger partial charge in [-0.05, 0) is 32.0 Å². The molecule has 0 spiro atoms. The lowest BCUT2D eigenvalue weighted by atomic mass is 10.2. The number of aliphatic hydroxyl groups is 1. The van der Waals surface area contributed by atoms with Gasteiger partial charge in [-0.25, -0.2) is 9.37 Å². The van der Waals surface area contributed by atoms with Crippen molar-refractivity contribution in [2.45, 2.75) is 13.8 Å². The Morgan fingerprint density at radius 3 is 2.76 bits per heavy atom. The van der Waals surface area contributed by atoms with E-state index in [1.165, 1.54) is 23.5 Å². The molecule has 2 aromatic rings. The van der Waals surface area contributed by atoms with Crippen LogP contribution in [-0.2, 0) is 0 Å². The fraction of sp³-hybridized carbons (Fsp3) is 0.200. The predicted molar refractivity (Wildman–Crippen MR) is 82.6 cm³/mol. The van der Waals surface area contributed by atoms with Gasteiger partial charge in [0, 0.05) is 10.6 Å². The molecule has 0 amide bonds. The quantitative estimate of drug-likeness (QED) is 0.890. The standard InChI is InChI=1S/C15H14FN3OS/c1-8-9(2)21-15(18-8)13-12(20)7-19(14(13)17)11-5-3-4-10(16)6-11/h3-6,17,20H,7H2,1-2H3. The first-order valence-electron chi connectivity index (χ1n) is 6.46. The number of rotatable bonds is 2. The first-order chi connectivity index (χ1) is 9.97. The predicted octanol–water partition coefficient (Wildman–Crippen LogP) is 3.67. The number of benzene rings is 1. The highest BCUT2D eigenvalue weighted by Crippen LogP contribution is 2.33. The Morgan fingerprint density at radius 2 is 2.14 bits per heavy atom. The molecule has 0 radical (unpaired) electrons. The molecule has 0 fully saturated rings. The summed E-state index contributed by atoms with van der Waals surface area (Å²) < 4.78 is 13.3. The zero-order valence-corrected chi connectivity index (χ0v) is 12.5. The van der Waals surface area contributed by atoms with Gasteiger partial charge in [0.15, 0.2) is 0 Å². The second-order valence-electron chi connectivity index (χ2n) is 4.90. The van der Waals surface area contributed by atoms with Crippen LogP contribution in [0.5, 0.6) is 0 Å². The van der Waals surface area contributed by atoms with Gasteiger partial charge < -0.3 is 10.0 Å². The Morgan fingerprint density at radius 1 is 1.38 bits per heavy atom. The van der Waals surface area contributed by atoms with E-state index in [1.807, 2.05) is 13.8 Å². The van der Waals surface area contributed by atoms with Crippen molar-refractivity contribution in [3.8, 4) is 0 Å². The molecule has 0 atom stereocenters. The summed E-state index contributed by atoms with van der Waals surface area (Å²) >= 11 is 1.45. The number of hydrogen-bond donors (Lipinski definition) is 2. The van der Waals surface area contributed by atoms with E-state index in [0.29, 0.717) is 16.3 Å². The SMILES string of the molecule is Cc1nc(C2=C(O)CN(c3cccc(F)c3)C2=N)sc1C. The molecule has 0 bridgehead atoms. The van der Waals surface area contributed by atoms with Crippen LogP contribution in [0.1, 0.15) is 15.6 Å². The minimum Gasteiger partial charge on any atom is -0.510 e. The maximum Gasteiger partial charge on any atom is 0.139 e. The van der Waals surface area contributed by atoms with Gasteiger partial charge in [0.05, 0.1) is 17.8 Å². The molecular weight excluding hydrogens is 289 g/mol. The lowest BCUT2D eigenvalue weighted by Gasteiger charge is -2.18. The second-order valence-corrected chi connectivity index (χ2v) is 6.10. The summed E-state index contributed by atoms with van der Waals surface area (Å²) in [5.41, 5.74) is 1.87. The molecule has 0 saturated carbocycles. The van der Waals surface area contributed by atoms with Gasteiger partial charge >= 0.3 is 0 Å². The van der Waals surface area contributed by atoms with Crippen molar-refractivity contribution in [3.05, 3.63) is 51.4 Å². The van der Waals surface area contributed by atoms with E-state index >= 15 is 0 Å². The number of hydrogen-bond acceptors (Lipinski definition) is 4. The number of thiazole rings is 1. The normalized spacial score (nSPS) is 15.2. The summed E-state index contributed by atoms with van der Waals surface area (Å²) in [4.78, 5) is 7.02. The molecule has 21 heavy (non-hydrogen) atoms. The topological polar surface area (TPSA) is 60.2 Å². The number of halogens is 1. The van der Waals surface area contributed by atoms with Crippen LogP contribution in [0, 0.1) is 25.1 Å². The van der Waals surface area contributed by atoms with Crippen LogP contribution in [0.3, 0.4) is 0 Å². The van der Waals surface area contributed by atoms with Crippen LogP contribution in [0.4, 0.5) is 10.1 Å². The van der Waals surface area contributed by atoms with Gasteiger partial charge in [0.2, 0.25) is 0 Å². The smallest absolute Gasteiger partial charge is 0.139 e. The van der Waals surface area contributed by atoms with Crippen molar-refractivity contribution in [1.82, 2.24) is 4.98 Å². The van der Waals surface area contributed by atoms with Crippen LogP contribution >= 0.6 is 11.3 Å². The van der Waals surface area contributed by atoms with Crippen LogP contribution in [0.25, 0.3) is 5.57 Å². The number of aliphatic hydroxyl groups excluding tert-OH is 1. The van der Waals surface area contributed by atoms with Crippen LogP contribution < -0.4 is 4.90 Å². The number of amidine groups is 1. The lowest BCUT2D eigenvalue weighted by Crippen LogP contribution is -2.26. The summed E-state index contributed by atoms with van der Waals surface area (Å²) in [7, 11) is 0. The summed E-state index contributed by atoms with van der Waals surface area (Å²) in [6, 6.07) is 6.00. The number of aryl methyl sites for hydroxylation is 2. The van der Waals surface area contributed by atoms with Gasteiger partial charge in [-0.15, -0.1) is 11.3 Å². The molecule has 1 aromatic heterocycles. The average Bonchev–Trinajstić information content (AvgIpc) is 2.90. The highest BCUT2D eigenvalue weighted by atomic mass is 32.1. The molecular formula is C15H14FN3OS. The third-order valence-corrected chi connectivity index (χ3v) is 4.56. The molecule has 1 aliphatic rings. The summed E-state index contributed by atoms with van der Waals surface area (Å²) in [6.45, 7) is 4.02. The van der Waals surface area contributed by atoms with Crippen molar-refractivity contribution in [2.75, 3.05) is 11.4 Å². The number of anilines is 1. The molecule has 108 valence electrons. The Bertz CT molecular complexity index is 747. The lowest BCUT2D eigenvalue weighted by molar-refractivity contribution is 0.411. The van der Waals surface area contributed by atoms with Crippen LogP contribution in [0.2, 0.25) is 0 Å². The number of nitrogens with one attached hydrogen (secondary N) is 1. The molecule has 2 heterocycles. The molecule has 0 unspecified atom stereocenters. The molecule has 6 heteroatoms. The molecule has 4 nitrogen and oxygen atoms in total. The third kappa shape index (κ3) is 2.31. The fourth-order valence-corrected chi connectivity index (χ4v) is 3.23. The van der Waals surface area contributed by atoms with Crippen LogP contribution in [0.15, 0.2) is 30.0 Å².